The predicted molar refractivity (Wildman–Crippen MR) is 65.4 cm³/mol. The van der Waals surface area contributed by atoms with E-state index in [4.69, 9.17) is 11.6 Å². The molecular formula is C11H13ClFNS. The van der Waals surface area contributed by atoms with Crippen LogP contribution in [0.15, 0.2) is 18.2 Å². The van der Waals surface area contributed by atoms with Gasteiger partial charge in [-0.3, -0.25) is 0 Å². The van der Waals surface area contributed by atoms with Gasteiger partial charge in [0.15, 0.2) is 0 Å². The number of anilines is 1. The fourth-order valence-corrected chi connectivity index (χ4v) is 3.16. The van der Waals surface area contributed by atoms with Gasteiger partial charge in [0, 0.05) is 11.3 Å². The molecule has 0 amide bonds. The molecule has 1 aliphatic rings. The van der Waals surface area contributed by atoms with Crippen molar-refractivity contribution >= 4 is 29.1 Å². The molecule has 0 aromatic heterocycles. The first-order valence-corrected chi connectivity index (χ1v) is 6.43. The van der Waals surface area contributed by atoms with Crippen LogP contribution in [0, 0.1) is 5.82 Å². The Labute approximate surface area is 98.4 Å². The summed E-state index contributed by atoms with van der Waals surface area (Å²) in [6.07, 6.45) is 1.07. The molecule has 1 N–H and O–H groups in total. The Morgan fingerprint density at radius 3 is 2.93 bits per heavy atom. The zero-order valence-electron chi connectivity index (χ0n) is 8.47. The van der Waals surface area contributed by atoms with Gasteiger partial charge in [-0.1, -0.05) is 24.6 Å². The molecule has 2 atom stereocenters. The third-order valence-corrected chi connectivity index (χ3v) is 4.31. The fourth-order valence-electron chi connectivity index (χ4n) is 1.74. The van der Waals surface area contributed by atoms with Crippen LogP contribution in [0.2, 0.25) is 5.02 Å². The molecule has 1 aromatic carbocycles. The average molecular weight is 246 g/mol. The Kier molecular flexibility index (Phi) is 3.42. The van der Waals surface area contributed by atoms with Crippen molar-refractivity contribution in [3.05, 3.63) is 29.0 Å². The summed E-state index contributed by atoms with van der Waals surface area (Å²) >= 11 is 7.85. The molecule has 2 unspecified atom stereocenters. The van der Waals surface area contributed by atoms with Gasteiger partial charge in [-0.2, -0.15) is 11.8 Å². The van der Waals surface area contributed by atoms with Crippen LogP contribution in [0.25, 0.3) is 0 Å². The van der Waals surface area contributed by atoms with Crippen molar-refractivity contribution in [1.82, 2.24) is 0 Å². The lowest BCUT2D eigenvalue weighted by Gasteiger charge is -2.19. The van der Waals surface area contributed by atoms with Gasteiger partial charge in [-0.25, -0.2) is 4.39 Å². The van der Waals surface area contributed by atoms with Gasteiger partial charge < -0.3 is 5.32 Å². The third kappa shape index (κ3) is 2.40. The zero-order chi connectivity index (χ0) is 10.8. The Morgan fingerprint density at radius 2 is 2.33 bits per heavy atom. The standard InChI is InChI=1S/C11H13ClFNS/c1-7-10(5-6-15-7)14-11-8(12)3-2-4-9(11)13/h2-4,7,10,14H,5-6H2,1H3. The van der Waals surface area contributed by atoms with Gasteiger partial charge in [0.25, 0.3) is 0 Å². The van der Waals surface area contributed by atoms with Crippen LogP contribution < -0.4 is 5.32 Å². The fraction of sp³-hybridized carbons (Fsp3) is 0.455. The maximum Gasteiger partial charge on any atom is 0.147 e. The van der Waals surface area contributed by atoms with Gasteiger partial charge in [0.2, 0.25) is 0 Å². The van der Waals surface area contributed by atoms with Crippen molar-refractivity contribution in [1.29, 1.82) is 0 Å². The first-order chi connectivity index (χ1) is 7.18. The van der Waals surface area contributed by atoms with Crippen LogP contribution in [0.5, 0.6) is 0 Å². The van der Waals surface area contributed by atoms with Crippen LogP contribution >= 0.6 is 23.4 Å². The molecule has 1 fully saturated rings. The number of hydrogen-bond acceptors (Lipinski definition) is 2. The summed E-state index contributed by atoms with van der Waals surface area (Å²) in [5.41, 5.74) is 0.443. The number of hydrogen-bond donors (Lipinski definition) is 1. The quantitative estimate of drug-likeness (QED) is 0.851. The third-order valence-electron chi connectivity index (χ3n) is 2.67. The molecule has 0 bridgehead atoms. The molecule has 1 aromatic rings. The Hall–Kier alpha value is -0.410. The Bertz CT molecular complexity index is 338. The van der Waals surface area contributed by atoms with E-state index < -0.39 is 0 Å². The van der Waals surface area contributed by atoms with Crippen LogP contribution in [0.4, 0.5) is 10.1 Å². The van der Waals surface area contributed by atoms with E-state index >= 15 is 0 Å². The van der Waals surface area contributed by atoms with E-state index in [1.165, 1.54) is 6.07 Å². The monoisotopic (exact) mass is 245 g/mol. The zero-order valence-corrected chi connectivity index (χ0v) is 10.0. The first kappa shape index (κ1) is 11.1. The summed E-state index contributed by atoms with van der Waals surface area (Å²) in [5, 5.41) is 4.17. The summed E-state index contributed by atoms with van der Waals surface area (Å²) in [7, 11) is 0. The highest BCUT2D eigenvalue weighted by Crippen LogP contribution is 2.32. The number of halogens is 2. The highest BCUT2D eigenvalue weighted by atomic mass is 35.5. The van der Waals surface area contributed by atoms with E-state index in [1.54, 1.807) is 12.1 Å². The minimum Gasteiger partial charge on any atom is -0.378 e. The largest absolute Gasteiger partial charge is 0.378 e. The van der Waals surface area contributed by atoms with E-state index in [2.05, 4.69) is 12.2 Å². The molecular weight excluding hydrogens is 233 g/mol. The molecule has 4 heteroatoms. The maximum absolute atomic E-state index is 13.5. The second kappa shape index (κ2) is 4.62. The average Bonchev–Trinajstić information content (AvgIpc) is 2.58. The van der Waals surface area contributed by atoms with Crippen molar-refractivity contribution < 1.29 is 4.39 Å². The SMILES string of the molecule is CC1SCCC1Nc1c(F)cccc1Cl. The number of benzene rings is 1. The van der Waals surface area contributed by atoms with E-state index in [0.717, 1.165) is 12.2 Å². The number of thioether (sulfide) groups is 1. The molecule has 15 heavy (non-hydrogen) atoms. The van der Waals surface area contributed by atoms with Crippen LogP contribution in [0.3, 0.4) is 0 Å². The van der Waals surface area contributed by atoms with E-state index in [9.17, 15) is 4.39 Å². The predicted octanol–water partition coefficient (Wildman–Crippen LogP) is 3.79. The first-order valence-electron chi connectivity index (χ1n) is 5.00. The molecule has 0 spiro atoms. The van der Waals surface area contributed by atoms with Crippen LogP contribution in [-0.2, 0) is 0 Å². The molecule has 1 aliphatic heterocycles. The molecule has 1 heterocycles. The number of para-hydroxylation sites is 1. The molecule has 0 saturated carbocycles. The highest BCUT2D eigenvalue weighted by molar-refractivity contribution is 8.00. The van der Waals surface area contributed by atoms with Crippen molar-refractivity contribution in [3.63, 3.8) is 0 Å². The summed E-state index contributed by atoms with van der Waals surface area (Å²) in [4.78, 5) is 0. The van der Waals surface area contributed by atoms with Gasteiger partial charge in [-0.15, -0.1) is 0 Å². The van der Waals surface area contributed by atoms with Crippen LogP contribution in [-0.4, -0.2) is 17.0 Å². The lowest BCUT2D eigenvalue weighted by molar-refractivity contribution is 0.622. The lowest BCUT2D eigenvalue weighted by atomic mass is 10.1. The minimum atomic E-state index is -0.272. The molecule has 82 valence electrons. The van der Waals surface area contributed by atoms with Gasteiger partial charge in [0.05, 0.1) is 10.7 Å². The Morgan fingerprint density at radius 1 is 1.53 bits per heavy atom. The highest BCUT2D eigenvalue weighted by Gasteiger charge is 2.25. The molecule has 1 saturated heterocycles. The lowest BCUT2D eigenvalue weighted by Crippen LogP contribution is -2.25. The minimum absolute atomic E-state index is 0.272. The molecule has 0 aliphatic carbocycles. The smallest absolute Gasteiger partial charge is 0.147 e. The summed E-state index contributed by atoms with van der Waals surface area (Å²) in [6.45, 7) is 2.16. The normalized spacial score (nSPS) is 25.5. The van der Waals surface area contributed by atoms with E-state index in [1.807, 2.05) is 11.8 Å². The maximum atomic E-state index is 13.5. The summed E-state index contributed by atoms with van der Waals surface area (Å²) < 4.78 is 13.5. The van der Waals surface area contributed by atoms with E-state index in [-0.39, 0.29) is 5.82 Å². The summed E-state index contributed by atoms with van der Waals surface area (Å²) in [5.74, 6) is 0.858. The van der Waals surface area contributed by atoms with Gasteiger partial charge in [-0.05, 0) is 24.3 Å². The summed E-state index contributed by atoms with van der Waals surface area (Å²) in [6, 6.07) is 5.08. The number of rotatable bonds is 2. The molecule has 1 nitrogen and oxygen atoms in total. The van der Waals surface area contributed by atoms with Crippen molar-refractivity contribution in [2.24, 2.45) is 0 Å². The van der Waals surface area contributed by atoms with Gasteiger partial charge >= 0.3 is 0 Å². The topological polar surface area (TPSA) is 12.0 Å². The van der Waals surface area contributed by atoms with Crippen molar-refractivity contribution in [2.45, 2.75) is 24.6 Å². The second-order valence-corrected chi connectivity index (χ2v) is 5.60. The van der Waals surface area contributed by atoms with Crippen molar-refractivity contribution in [2.75, 3.05) is 11.1 Å². The molecule has 0 radical (unpaired) electrons. The second-order valence-electron chi connectivity index (χ2n) is 3.71. The van der Waals surface area contributed by atoms with Crippen LogP contribution in [0.1, 0.15) is 13.3 Å². The molecule has 2 rings (SSSR count). The number of nitrogens with one attached hydrogen (secondary N) is 1. The van der Waals surface area contributed by atoms with Gasteiger partial charge in [0.1, 0.15) is 5.82 Å². The van der Waals surface area contributed by atoms with Crippen molar-refractivity contribution in [3.8, 4) is 0 Å². The van der Waals surface area contributed by atoms with E-state index in [0.29, 0.717) is 22.0 Å². The Balaban J connectivity index is 2.16.